The van der Waals surface area contributed by atoms with E-state index in [4.69, 9.17) is 15.2 Å². The Morgan fingerprint density at radius 3 is 2.62 bits per heavy atom. The molecule has 0 bridgehead atoms. The van der Waals surface area contributed by atoms with Crippen molar-refractivity contribution in [2.75, 3.05) is 6.79 Å². The number of ether oxygens (including phenoxy) is 2. The lowest BCUT2D eigenvalue weighted by Crippen LogP contribution is -2.51. The molecule has 2 aliphatic heterocycles. The monoisotopic (exact) mass is 324 g/mol. The van der Waals surface area contributed by atoms with E-state index in [9.17, 15) is 9.59 Å². The predicted molar refractivity (Wildman–Crippen MR) is 85.6 cm³/mol. The lowest BCUT2D eigenvalue weighted by molar-refractivity contribution is -0.122. The number of nitrogens with zero attached hydrogens (tertiary/aromatic N) is 1. The summed E-state index contributed by atoms with van der Waals surface area (Å²) in [5.41, 5.74) is 8.01. The van der Waals surface area contributed by atoms with E-state index in [1.54, 1.807) is 18.2 Å². The fourth-order valence-electron chi connectivity index (χ4n) is 3.24. The summed E-state index contributed by atoms with van der Waals surface area (Å²) in [7, 11) is 0. The zero-order valence-electron chi connectivity index (χ0n) is 12.9. The number of fused-ring (bicyclic) bond motifs is 2. The minimum absolute atomic E-state index is 0.0850. The molecule has 2 aromatic rings. The standard InChI is InChI=1S/C18H16N2O4/c19-17(21)14-8-11-4-1-2-5-12(11)9-20(14)18(22)13-6-3-7-15-16(13)24-10-23-15/h1-7,14H,8-10H2,(H2,19,21)/t14-/m0/s1. The molecule has 0 unspecified atom stereocenters. The number of nitrogens with two attached hydrogens (primary N) is 1. The molecule has 0 aromatic heterocycles. The summed E-state index contributed by atoms with van der Waals surface area (Å²) in [5, 5.41) is 0. The van der Waals surface area contributed by atoms with Crippen LogP contribution in [0.5, 0.6) is 11.5 Å². The maximum Gasteiger partial charge on any atom is 0.258 e. The van der Waals surface area contributed by atoms with Crippen LogP contribution in [0.1, 0.15) is 21.5 Å². The average molecular weight is 324 g/mol. The molecule has 0 saturated heterocycles. The molecule has 0 spiro atoms. The highest BCUT2D eigenvalue weighted by Crippen LogP contribution is 2.37. The average Bonchev–Trinajstić information content (AvgIpc) is 3.08. The number of hydrogen-bond acceptors (Lipinski definition) is 4. The Hall–Kier alpha value is -3.02. The molecule has 4 rings (SSSR count). The maximum absolute atomic E-state index is 13.1. The van der Waals surface area contributed by atoms with Gasteiger partial charge in [-0.3, -0.25) is 9.59 Å². The first-order chi connectivity index (χ1) is 11.6. The number of amides is 2. The van der Waals surface area contributed by atoms with Crippen LogP contribution in [0.2, 0.25) is 0 Å². The van der Waals surface area contributed by atoms with E-state index in [0.717, 1.165) is 11.1 Å². The van der Waals surface area contributed by atoms with Gasteiger partial charge in [0.15, 0.2) is 11.5 Å². The number of hydrogen-bond donors (Lipinski definition) is 1. The van der Waals surface area contributed by atoms with Gasteiger partial charge in [-0.25, -0.2) is 0 Å². The summed E-state index contributed by atoms with van der Waals surface area (Å²) in [6.45, 7) is 0.425. The topological polar surface area (TPSA) is 81.9 Å². The van der Waals surface area contributed by atoms with Crippen molar-refractivity contribution in [2.24, 2.45) is 5.73 Å². The van der Waals surface area contributed by atoms with E-state index in [1.807, 2.05) is 24.3 Å². The number of para-hydroxylation sites is 1. The van der Waals surface area contributed by atoms with Gasteiger partial charge in [0, 0.05) is 13.0 Å². The maximum atomic E-state index is 13.1. The van der Waals surface area contributed by atoms with Crippen molar-refractivity contribution in [1.82, 2.24) is 4.90 Å². The predicted octanol–water partition coefficient (Wildman–Crippen LogP) is 1.47. The molecule has 0 fully saturated rings. The van der Waals surface area contributed by atoms with Gasteiger partial charge in [0.05, 0.1) is 5.56 Å². The summed E-state index contributed by atoms with van der Waals surface area (Å²) in [6, 6.07) is 12.2. The van der Waals surface area contributed by atoms with Crippen molar-refractivity contribution in [3.63, 3.8) is 0 Å². The first-order valence-electron chi connectivity index (χ1n) is 7.71. The molecular formula is C18H16N2O4. The van der Waals surface area contributed by atoms with Crippen LogP contribution in [0.4, 0.5) is 0 Å². The largest absolute Gasteiger partial charge is 0.454 e. The minimum Gasteiger partial charge on any atom is -0.454 e. The van der Waals surface area contributed by atoms with Crippen molar-refractivity contribution in [1.29, 1.82) is 0 Å². The second-order valence-corrected chi connectivity index (χ2v) is 5.86. The third kappa shape index (κ3) is 2.27. The quantitative estimate of drug-likeness (QED) is 0.907. The second-order valence-electron chi connectivity index (χ2n) is 5.86. The summed E-state index contributed by atoms with van der Waals surface area (Å²) in [4.78, 5) is 26.5. The molecule has 0 saturated carbocycles. The van der Waals surface area contributed by atoms with E-state index < -0.39 is 11.9 Å². The molecule has 2 heterocycles. The van der Waals surface area contributed by atoms with Gasteiger partial charge in [0.1, 0.15) is 6.04 Å². The normalized spacial score (nSPS) is 18.2. The number of rotatable bonds is 2. The Bertz CT molecular complexity index is 834. The van der Waals surface area contributed by atoms with Crippen LogP contribution in [0.25, 0.3) is 0 Å². The highest BCUT2D eigenvalue weighted by Gasteiger charge is 2.35. The molecule has 2 aliphatic rings. The van der Waals surface area contributed by atoms with Crippen molar-refractivity contribution < 1.29 is 19.1 Å². The van der Waals surface area contributed by atoms with Gasteiger partial charge in [-0.15, -0.1) is 0 Å². The highest BCUT2D eigenvalue weighted by molar-refractivity contribution is 6.00. The van der Waals surface area contributed by atoms with Gasteiger partial charge < -0.3 is 20.1 Å². The van der Waals surface area contributed by atoms with Crippen LogP contribution in [-0.2, 0) is 17.8 Å². The zero-order chi connectivity index (χ0) is 16.7. The molecule has 2 amide bonds. The molecule has 0 aliphatic carbocycles. The first-order valence-corrected chi connectivity index (χ1v) is 7.71. The van der Waals surface area contributed by atoms with Gasteiger partial charge in [0.25, 0.3) is 5.91 Å². The van der Waals surface area contributed by atoms with E-state index in [1.165, 1.54) is 4.90 Å². The van der Waals surface area contributed by atoms with Crippen LogP contribution in [0.3, 0.4) is 0 Å². The van der Waals surface area contributed by atoms with Gasteiger partial charge in [0.2, 0.25) is 12.7 Å². The van der Waals surface area contributed by atoms with Gasteiger partial charge >= 0.3 is 0 Å². The number of carbonyl (C=O) groups excluding carboxylic acids is 2. The van der Waals surface area contributed by atoms with Crippen LogP contribution in [0, 0.1) is 0 Å². The fourth-order valence-corrected chi connectivity index (χ4v) is 3.24. The third-order valence-electron chi connectivity index (χ3n) is 4.46. The van der Waals surface area contributed by atoms with E-state index >= 15 is 0 Å². The van der Waals surface area contributed by atoms with E-state index in [-0.39, 0.29) is 12.7 Å². The first kappa shape index (κ1) is 14.6. The lowest BCUT2D eigenvalue weighted by Gasteiger charge is -2.35. The summed E-state index contributed by atoms with van der Waals surface area (Å²) in [5.74, 6) is 0.164. The van der Waals surface area contributed by atoms with Gasteiger partial charge in [-0.05, 0) is 23.3 Å². The Morgan fingerprint density at radius 1 is 1.04 bits per heavy atom. The number of benzene rings is 2. The van der Waals surface area contributed by atoms with Crippen molar-refractivity contribution in [3.8, 4) is 11.5 Å². The van der Waals surface area contributed by atoms with Gasteiger partial charge in [-0.2, -0.15) is 0 Å². The summed E-state index contributed by atoms with van der Waals surface area (Å²) >= 11 is 0. The Balaban J connectivity index is 1.73. The molecule has 24 heavy (non-hydrogen) atoms. The second kappa shape index (κ2) is 5.56. The molecular weight excluding hydrogens is 308 g/mol. The Labute approximate surface area is 138 Å². The SMILES string of the molecule is NC(=O)[C@@H]1Cc2ccccc2CN1C(=O)c1cccc2c1OCO2. The number of carbonyl (C=O) groups is 2. The zero-order valence-corrected chi connectivity index (χ0v) is 12.9. The molecule has 2 N–H and O–H groups in total. The van der Waals surface area contributed by atoms with Crippen LogP contribution in [-0.4, -0.2) is 29.5 Å². The van der Waals surface area contributed by atoms with Crippen molar-refractivity contribution in [3.05, 3.63) is 59.2 Å². The smallest absolute Gasteiger partial charge is 0.258 e. The molecule has 6 nitrogen and oxygen atoms in total. The minimum atomic E-state index is -0.675. The molecule has 122 valence electrons. The van der Waals surface area contributed by atoms with Crippen LogP contribution in [0.15, 0.2) is 42.5 Å². The third-order valence-corrected chi connectivity index (χ3v) is 4.46. The number of primary amides is 1. The van der Waals surface area contributed by atoms with E-state index in [0.29, 0.717) is 30.0 Å². The van der Waals surface area contributed by atoms with Crippen molar-refractivity contribution in [2.45, 2.75) is 19.0 Å². The van der Waals surface area contributed by atoms with E-state index in [2.05, 4.69) is 0 Å². The summed E-state index contributed by atoms with van der Waals surface area (Å²) < 4.78 is 10.7. The molecule has 2 aromatic carbocycles. The van der Waals surface area contributed by atoms with Crippen LogP contribution >= 0.6 is 0 Å². The Kier molecular flexibility index (Phi) is 3.37. The fraction of sp³-hybridized carbons (Fsp3) is 0.222. The molecule has 6 heteroatoms. The lowest BCUT2D eigenvalue weighted by atomic mass is 9.93. The molecule has 0 radical (unpaired) electrons. The summed E-state index contributed by atoms with van der Waals surface area (Å²) in [6.07, 6.45) is 0.420. The highest BCUT2D eigenvalue weighted by atomic mass is 16.7. The Morgan fingerprint density at radius 2 is 1.83 bits per heavy atom. The van der Waals surface area contributed by atoms with Gasteiger partial charge in [-0.1, -0.05) is 30.3 Å². The van der Waals surface area contributed by atoms with Crippen LogP contribution < -0.4 is 15.2 Å². The van der Waals surface area contributed by atoms with Crippen molar-refractivity contribution >= 4 is 11.8 Å². The molecule has 1 atom stereocenters.